The van der Waals surface area contributed by atoms with Gasteiger partial charge in [0, 0.05) is 23.5 Å². The molecule has 1 fully saturated rings. The highest BCUT2D eigenvalue weighted by atomic mass is 32.2. The quantitative estimate of drug-likeness (QED) is 0.443. The number of Topliss-reactive ketones (excluding diaryl/α,β-unsaturated/α-hetero) is 1. The number of carbonyl (C=O) groups excluding carboxylic acids is 3. The molecule has 0 aromatic carbocycles. The second kappa shape index (κ2) is 7.70. The van der Waals surface area contributed by atoms with Crippen molar-refractivity contribution in [1.29, 1.82) is 0 Å². The zero-order valence-electron chi connectivity index (χ0n) is 14.3. The van der Waals surface area contributed by atoms with Crippen LogP contribution in [0, 0.1) is 13.8 Å². The lowest BCUT2D eigenvalue weighted by Gasteiger charge is -2.12. The lowest BCUT2D eigenvalue weighted by atomic mass is 10.1. The van der Waals surface area contributed by atoms with Gasteiger partial charge in [-0.3, -0.25) is 14.5 Å². The van der Waals surface area contributed by atoms with Crippen LogP contribution in [0.3, 0.4) is 0 Å². The molecule has 1 N–H and O–H groups in total. The van der Waals surface area contributed by atoms with Gasteiger partial charge in [-0.1, -0.05) is 6.08 Å². The average molecular weight is 349 g/mol. The molecule has 2 rings (SSSR count). The number of nitrogens with one attached hydrogen (secondary N) is 1. The average Bonchev–Trinajstić information content (AvgIpc) is 2.97. The van der Waals surface area contributed by atoms with E-state index in [0.717, 1.165) is 22.0 Å². The van der Waals surface area contributed by atoms with Crippen molar-refractivity contribution in [3.05, 3.63) is 35.7 Å². The van der Waals surface area contributed by atoms with E-state index in [-0.39, 0.29) is 18.2 Å². The van der Waals surface area contributed by atoms with Gasteiger partial charge in [-0.05, 0) is 38.3 Å². The molecular formula is C17H23N3O3S. The Bertz CT molecular complexity index is 681. The summed E-state index contributed by atoms with van der Waals surface area (Å²) in [4.78, 5) is 37.9. The Hall–Kier alpha value is -2.02. The lowest BCUT2D eigenvalue weighted by Crippen LogP contribution is -2.36. The second-order valence-electron chi connectivity index (χ2n) is 5.82. The zero-order valence-corrected chi connectivity index (χ0v) is 15.1. The minimum atomic E-state index is -0.522. The molecule has 3 amide bonds. The summed E-state index contributed by atoms with van der Waals surface area (Å²) in [5.41, 5.74) is 2.32. The first-order valence-corrected chi connectivity index (χ1v) is 9.21. The lowest BCUT2D eigenvalue weighted by molar-refractivity contribution is -0.127. The molecule has 1 saturated heterocycles. The molecule has 130 valence electrons. The van der Waals surface area contributed by atoms with Gasteiger partial charge in [-0.2, -0.15) is 11.8 Å². The maximum absolute atomic E-state index is 12.6. The van der Waals surface area contributed by atoms with Crippen LogP contribution in [0.4, 0.5) is 4.79 Å². The van der Waals surface area contributed by atoms with Gasteiger partial charge >= 0.3 is 6.03 Å². The van der Waals surface area contributed by atoms with Gasteiger partial charge in [-0.25, -0.2) is 4.79 Å². The first kappa shape index (κ1) is 18.3. The van der Waals surface area contributed by atoms with Crippen LogP contribution in [0.5, 0.6) is 0 Å². The summed E-state index contributed by atoms with van der Waals surface area (Å²) in [6.07, 6.45) is 4.29. The van der Waals surface area contributed by atoms with Gasteiger partial charge in [0.1, 0.15) is 6.04 Å². The Kier molecular flexibility index (Phi) is 5.88. The fraction of sp³-hybridized carbons (Fsp3) is 0.471. The molecular weight excluding hydrogens is 326 g/mol. The predicted molar refractivity (Wildman–Crippen MR) is 95.5 cm³/mol. The smallest absolute Gasteiger partial charge is 0.325 e. The number of urea groups is 1. The van der Waals surface area contributed by atoms with Crippen molar-refractivity contribution in [1.82, 2.24) is 14.8 Å². The van der Waals surface area contributed by atoms with Crippen molar-refractivity contribution in [3.63, 3.8) is 0 Å². The normalized spacial score (nSPS) is 17.3. The monoisotopic (exact) mass is 349 g/mol. The molecule has 0 aliphatic carbocycles. The molecule has 1 aromatic rings. The molecule has 0 spiro atoms. The standard InChI is InChI=1S/C17H23N3O3S/c1-5-7-19-11(2)9-13(12(19)3)15(21)10-20-16(22)14(6-8-24-4)18-17(20)23/h5,9,14H,1,6-8,10H2,2-4H3,(H,18,23)/t14-/m0/s1. The SMILES string of the molecule is C=CCn1c(C)cc(C(=O)CN2C(=O)N[C@@H](CCSC)C2=O)c1C. The van der Waals surface area contributed by atoms with Crippen LogP contribution < -0.4 is 5.32 Å². The number of thioether (sulfide) groups is 1. The third-order valence-electron chi connectivity index (χ3n) is 4.21. The number of aromatic nitrogens is 1. The van der Waals surface area contributed by atoms with Crippen molar-refractivity contribution in [2.24, 2.45) is 0 Å². The van der Waals surface area contributed by atoms with Crippen LogP contribution in [0.2, 0.25) is 0 Å². The molecule has 24 heavy (non-hydrogen) atoms. The number of ketones is 1. The van der Waals surface area contributed by atoms with Crippen molar-refractivity contribution >= 4 is 29.5 Å². The number of aryl methyl sites for hydroxylation is 1. The first-order chi connectivity index (χ1) is 11.4. The molecule has 0 radical (unpaired) electrons. The number of carbonyl (C=O) groups is 3. The first-order valence-electron chi connectivity index (χ1n) is 7.82. The van der Waals surface area contributed by atoms with Crippen LogP contribution in [0.1, 0.15) is 28.2 Å². The van der Waals surface area contributed by atoms with Gasteiger partial charge in [0.05, 0.1) is 6.54 Å². The number of nitrogens with zero attached hydrogens (tertiary/aromatic N) is 2. The van der Waals surface area contributed by atoms with Gasteiger partial charge in [0.2, 0.25) is 0 Å². The second-order valence-corrected chi connectivity index (χ2v) is 6.80. The number of hydrogen-bond acceptors (Lipinski definition) is 4. The van der Waals surface area contributed by atoms with Gasteiger partial charge in [0.25, 0.3) is 5.91 Å². The van der Waals surface area contributed by atoms with Crippen LogP contribution in [-0.2, 0) is 11.3 Å². The number of imide groups is 1. The highest BCUT2D eigenvalue weighted by Gasteiger charge is 2.38. The van der Waals surface area contributed by atoms with Crippen molar-refractivity contribution < 1.29 is 14.4 Å². The minimum Gasteiger partial charge on any atom is -0.345 e. The fourth-order valence-corrected chi connectivity index (χ4v) is 3.35. The van der Waals surface area contributed by atoms with Crippen molar-refractivity contribution in [2.75, 3.05) is 18.6 Å². The largest absolute Gasteiger partial charge is 0.345 e. The molecule has 1 aliphatic rings. The molecule has 7 heteroatoms. The molecule has 1 aromatic heterocycles. The summed E-state index contributed by atoms with van der Waals surface area (Å²) < 4.78 is 1.98. The number of allylic oxidation sites excluding steroid dienone is 1. The molecule has 2 heterocycles. The molecule has 1 aliphatic heterocycles. The van der Waals surface area contributed by atoms with E-state index in [4.69, 9.17) is 0 Å². The Balaban J connectivity index is 2.12. The van der Waals surface area contributed by atoms with E-state index in [1.807, 2.05) is 24.7 Å². The van der Waals surface area contributed by atoms with E-state index in [9.17, 15) is 14.4 Å². The third kappa shape index (κ3) is 3.56. The maximum atomic E-state index is 12.6. The van der Waals surface area contributed by atoms with Crippen molar-refractivity contribution in [3.8, 4) is 0 Å². The third-order valence-corrected chi connectivity index (χ3v) is 4.85. The van der Waals surface area contributed by atoms with E-state index >= 15 is 0 Å². The molecule has 0 bridgehead atoms. The minimum absolute atomic E-state index is 0.223. The topological polar surface area (TPSA) is 71.4 Å². The summed E-state index contributed by atoms with van der Waals surface area (Å²) in [5.74, 6) is 0.232. The predicted octanol–water partition coefficient (Wildman–Crippen LogP) is 2.15. The summed E-state index contributed by atoms with van der Waals surface area (Å²) in [6, 6.07) is 0.787. The molecule has 6 nitrogen and oxygen atoms in total. The number of amides is 3. The van der Waals surface area contributed by atoms with E-state index in [2.05, 4.69) is 11.9 Å². The van der Waals surface area contributed by atoms with Gasteiger partial charge < -0.3 is 9.88 Å². The van der Waals surface area contributed by atoms with Crippen LogP contribution in [-0.4, -0.2) is 51.8 Å². The maximum Gasteiger partial charge on any atom is 0.325 e. The van der Waals surface area contributed by atoms with Crippen LogP contribution in [0.15, 0.2) is 18.7 Å². The number of hydrogen-bond donors (Lipinski definition) is 1. The summed E-state index contributed by atoms with van der Waals surface area (Å²) in [5, 5.41) is 2.65. The van der Waals surface area contributed by atoms with Crippen molar-refractivity contribution in [2.45, 2.75) is 32.9 Å². The highest BCUT2D eigenvalue weighted by molar-refractivity contribution is 7.98. The Morgan fingerprint density at radius 3 is 2.75 bits per heavy atom. The van der Waals surface area contributed by atoms with Crippen LogP contribution >= 0.6 is 11.8 Å². The van der Waals surface area contributed by atoms with Gasteiger partial charge in [0.15, 0.2) is 5.78 Å². The van der Waals surface area contributed by atoms with Gasteiger partial charge in [-0.15, -0.1) is 6.58 Å². The summed E-state index contributed by atoms with van der Waals surface area (Å²) in [6.45, 7) is 7.88. The van der Waals surface area contributed by atoms with E-state index in [1.165, 1.54) is 0 Å². The zero-order chi connectivity index (χ0) is 17.9. The van der Waals surface area contributed by atoms with Crippen LogP contribution in [0.25, 0.3) is 0 Å². The Morgan fingerprint density at radius 2 is 2.12 bits per heavy atom. The summed E-state index contributed by atoms with van der Waals surface area (Å²) in [7, 11) is 0. The highest BCUT2D eigenvalue weighted by Crippen LogP contribution is 2.18. The Labute approximate surface area is 146 Å². The molecule has 0 saturated carbocycles. The van der Waals surface area contributed by atoms with E-state index < -0.39 is 12.1 Å². The molecule has 1 atom stereocenters. The van der Waals surface area contributed by atoms with E-state index in [0.29, 0.717) is 18.5 Å². The molecule has 0 unspecified atom stereocenters. The van der Waals surface area contributed by atoms with E-state index in [1.54, 1.807) is 23.9 Å². The number of rotatable bonds is 8. The summed E-state index contributed by atoms with van der Waals surface area (Å²) >= 11 is 1.61. The fourth-order valence-electron chi connectivity index (χ4n) is 2.88. The Morgan fingerprint density at radius 1 is 1.42 bits per heavy atom.